The number of aliphatic hydroxyl groups is 1. The predicted molar refractivity (Wildman–Crippen MR) is 159 cm³/mol. The first kappa shape index (κ1) is 34.5. The van der Waals surface area contributed by atoms with Crippen LogP contribution in [0.4, 0.5) is 0 Å². The zero-order valence-corrected chi connectivity index (χ0v) is 25.4. The van der Waals surface area contributed by atoms with E-state index in [4.69, 9.17) is 24.9 Å². The number of methoxy groups -OCH3 is 2. The number of pyridine rings is 1. The number of nitrogens with two attached hydrogens (primary N) is 1. The fraction of sp³-hybridized carbons (Fsp3) is 0.607. The van der Waals surface area contributed by atoms with Crippen molar-refractivity contribution < 1.29 is 19.3 Å². The molecule has 7 nitrogen and oxygen atoms in total. The highest BCUT2D eigenvalue weighted by atomic mass is 35.5. The number of aliphatic hydroxyl groups excluding tert-OH is 1. The molecule has 1 aliphatic heterocycles. The van der Waals surface area contributed by atoms with Gasteiger partial charge in [-0.2, -0.15) is 0 Å². The maximum absolute atomic E-state index is 10.9. The van der Waals surface area contributed by atoms with E-state index in [1.165, 1.54) is 12.0 Å². The Kier molecular flexibility index (Phi) is 12.9. The SMILES string of the molecule is COc1ccc(C[C@H](N)[C@H](O)CN[C@H]2CC3(CCC3)Oc3ncc(CC(C)(C)C)cc32)cc1OC.Cl.Cl.Cl. The summed E-state index contributed by atoms with van der Waals surface area (Å²) >= 11 is 0. The summed E-state index contributed by atoms with van der Waals surface area (Å²) in [4.78, 5) is 4.71. The number of ether oxygens (including phenoxy) is 3. The van der Waals surface area contributed by atoms with Gasteiger partial charge in [0.25, 0.3) is 0 Å². The van der Waals surface area contributed by atoms with Crippen molar-refractivity contribution >= 4 is 37.2 Å². The molecule has 1 aromatic heterocycles. The molecule has 4 N–H and O–H groups in total. The summed E-state index contributed by atoms with van der Waals surface area (Å²) in [6.45, 7) is 7.10. The highest BCUT2D eigenvalue weighted by molar-refractivity contribution is 5.86. The normalized spacial score (nSPS) is 18.8. The van der Waals surface area contributed by atoms with Crippen LogP contribution in [0.2, 0.25) is 0 Å². The first-order valence-electron chi connectivity index (χ1n) is 12.7. The third kappa shape index (κ3) is 8.26. The van der Waals surface area contributed by atoms with Crippen molar-refractivity contribution in [2.24, 2.45) is 11.1 Å². The van der Waals surface area contributed by atoms with Gasteiger partial charge in [0.15, 0.2) is 11.5 Å². The van der Waals surface area contributed by atoms with E-state index in [-0.39, 0.29) is 54.3 Å². The van der Waals surface area contributed by atoms with Gasteiger partial charge >= 0.3 is 0 Å². The molecule has 1 aromatic carbocycles. The van der Waals surface area contributed by atoms with Gasteiger partial charge < -0.3 is 30.4 Å². The minimum Gasteiger partial charge on any atom is -0.493 e. The van der Waals surface area contributed by atoms with Crippen LogP contribution in [0, 0.1) is 5.41 Å². The highest BCUT2D eigenvalue weighted by Crippen LogP contribution is 2.48. The number of hydrogen-bond donors (Lipinski definition) is 3. The van der Waals surface area contributed by atoms with Crippen LogP contribution in [0.15, 0.2) is 30.5 Å². The van der Waals surface area contributed by atoms with Gasteiger partial charge in [-0.05, 0) is 66.8 Å². The molecule has 1 fully saturated rings. The first-order chi connectivity index (χ1) is 16.6. The molecule has 1 saturated carbocycles. The van der Waals surface area contributed by atoms with E-state index < -0.39 is 12.1 Å². The molecule has 2 aliphatic rings. The topological polar surface area (TPSA) is 98.9 Å². The van der Waals surface area contributed by atoms with Crippen LogP contribution in [-0.2, 0) is 12.8 Å². The summed E-state index contributed by atoms with van der Waals surface area (Å²) in [5, 5.41) is 14.5. The monoisotopic (exact) mass is 591 g/mol. The molecule has 2 aromatic rings. The van der Waals surface area contributed by atoms with Crippen LogP contribution in [0.5, 0.6) is 17.4 Å². The Hall–Kier alpha value is -1.48. The highest BCUT2D eigenvalue weighted by Gasteiger charge is 2.46. The molecule has 0 amide bonds. The molecule has 4 rings (SSSR count). The molecule has 0 unspecified atom stereocenters. The second kappa shape index (κ2) is 14.2. The molecule has 216 valence electrons. The average Bonchev–Trinajstić information content (AvgIpc) is 2.80. The lowest BCUT2D eigenvalue weighted by Gasteiger charge is -2.47. The minimum absolute atomic E-state index is 0. The lowest BCUT2D eigenvalue weighted by atomic mass is 9.73. The summed E-state index contributed by atoms with van der Waals surface area (Å²) in [6.07, 6.45) is 6.92. The molecule has 0 bridgehead atoms. The molecule has 38 heavy (non-hydrogen) atoms. The summed E-state index contributed by atoms with van der Waals surface area (Å²) in [6, 6.07) is 7.63. The lowest BCUT2D eigenvalue weighted by molar-refractivity contribution is -0.0420. The standard InChI is InChI=1S/C28H41N3O4.3ClH/c1-27(2,3)14-19-11-20-22(15-28(9-6-10-28)35-26(20)31-16-19)30-17-23(32)21(29)12-18-7-8-24(33-4)25(13-18)34-5;;;/h7-8,11,13,16,21-23,30,32H,6,9-10,12,14-15,17,29H2,1-5H3;3*1H/t21-,22-,23+;;;/m0.../s1. The Morgan fingerprint density at radius 3 is 2.37 bits per heavy atom. The van der Waals surface area contributed by atoms with E-state index in [1.54, 1.807) is 14.2 Å². The largest absolute Gasteiger partial charge is 0.493 e. The second-order valence-electron chi connectivity index (χ2n) is 11.4. The first-order valence-corrected chi connectivity index (χ1v) is 12.7. The van der Waals surface area contributed by atoms with E-state index in [1.807, 2.05) is 24.4 Å². The summed E-state index contributed by atoms with van der Waals surface area (Å²) in [5.41, 5.74) is 9.75. The van der Waals surface area contributed by atoms with Crippen molar-refractivity contribution in [3.63, 3.8) is 0 Å². The second-order valence-corrected chi connectivity index (χ2v) is 11.4. The van der Waals surface area contributed by atoms with E-state index in [2.05, 4.69) is 32.2 Å². The zero-order valence-electron chi connectivity index (χ0n) is 23.0. The number of rotatable bonds is 9. The molecule has 2 heterocycles. The van der Waals surface area contributed by atoms with Crippen LogP contribution in [0.25, 0.3) is 0 Å². The van der Waals surface area contributed by atoms with E-state index in [0.717, 1.165) is 42.7 Å². The molecule has 3 atom stereocenters. The Bertz CT molecular complexity index is 1030. The van der Waals surface area contributed by atoms with Crippen LogP contribution < -0.4 is 25.3 Å². The van der Waals surface area contributed by atoms with E-state index in [9.17, 15) is 5.11 Å². The van der Waals surface area contributed by atoms with Crippen molar-refractivity contribution in [1.82, 2.24) is 10.3 Å². The van der Waals surface area contributed by atoms with Gasteiger partial charge in [-0.1, -0.05) is 26.8 Å². The van der Waals surface area contributed by atoms with E-state index in [0.29, 0.717) is 24.5 Å². The Labute approximate surface area is 245 Å². The molecule has 10 heteroatoms. The molecule has 1 spiro atoms. The molecule has 1 aliphatic carbocycles. The smallest absolute Gasteiger partial charge is 0.218 e. The van der Waals surface area contributed by atoms with Crippen molar-refractivity contribution in [2.45, 2.75) is 83.1 Å². The summed E-state index contributed by atoms with van der Waals surface area (Å²) in [7, 11) is 3.23. The number of aromatic nitrogens is 1. The molecule has 0 radical (unpaired) electrons. The Morgan fingerprint density at radius 2 is 1.79 bits per heavy atom. The van der Waals surface area contributed by atoms with Gasteiger partial charge in [-0.25, -0.2) is 4.98 Å². The number of halogens is 3. The minimum atomic E-state index is -0.697. The molecule has 0 saturated heterocycles. The van der Waals surface area contributed by atoms with Crippen molar-refractivity contribution in [1.29, 1.82) is 0 Å². The maximum Gasteiger partial charge on any atom is 0.218 e. The lowest BCUT2D eigenvalue weighted by Crippen LogP contribution is -2.51. The number of fused-ring (bicyclic) bond motifs is 1. The maximum atomic E-state index is 10.9. The van der Waals surface area contributed by atoms with Crippen molar-refractivity contribution in [3.8, 4) is 17.4 Å². The summed E-state index contributed by atoms with van der Waals surface area (Å²) in [5.74, 6) is 2.07. The Morgan fingerprint density at radius 1 is 1.11 bits per heavy atom. The molecular formula is C28H44Cl3N3O4. The van der Waals surface area contributed by atoms with Crippen LogP contribution in [0.3, 0.4) is 0 Å². The third-order valence-corrected chi connectivity index (χ3v) is 7.19. The van der Waals surface area contributed by atoms with Gasteiger partial charge in [0.2, 0.25) is 5.88 Å². The third-order valence-electron chi connectivity index (χ3n) is 7.19. The number of hydrogen-bond acceptors (Lipinski definition) is 7. The van der Waals surface area contributed by atoms with Gasteiger partial charge in [-0.15, -0.1) is 37.2 Å². The number of nitrogens with one attached hydrogen (secondary N) is 1. The van der Waals surface area contributed by atoms with E-state index >= 15 is 0 Å². The van der Waals surface area contributed by atoms with Crippen molar-refractivity contribution in [3.05, 3.63) is 47.2 Å². The fourth-order valence-corrected chi connectivity index (χ4v) is 5.18. The van der Waals surface area contributed by atoms with Gasteiger partial charge in [-0.3, -0.25) is 0 Å². The number of nitrogens with zero attached hydrogens (tertiary/aromatic N) is 1. The van der Waals surface area contributed by atoms with Gasteiger partial charge in [0.05, 0.1) is 20.3 Å². The zero-order chi connectivity index (χ0) is 25.2. The van der Waals surface area contributed by atoms with Crippen LogP contribution in [-0.4, -0.2) is 48.6 Å². The fourth-order valence-electron chi connectivity index (χ4n) is 5.18. The quantitative estimate of drug-likeness (QED) is 0.367. The predicted octanol–water partition coefficient (Wildman–Crippen LogP) is 5.22. The summed E-state index contributed by atoms with van der Waals surface area (Å²) < 4.78 is 17.1. The van der Waals surface area contributed by atoms with Gasteiger partial charge in [0.1, 0.15) is 5.60 Å². The Balaban J connectivity index is 0.00000241. The molecular weight excluding hydrogens is 549 g/mol. The van der Waals surface area contributed by atoms with Gasteiger partial charge in [0, 0.05) is 36.8 Å². The number of benzene rings is 1. The van der Waals surface area contributed by atoms with Crippen molar-refractivity contribution in [2.75, 3.05) is 20.8 Å². The van der Waals surface area contributed by atoms with Crippen LogP contribution >= 0.6 is 37.2 Å². The average molecular weight is 593 g/mol. The van der Waals surface area contributed by atoms with Crippen LogP contribution in [0.1, 0.15) is 69.2 Å².